The van der Waals surface area contributed by atoms with E-state index in [0.717, 1.165) is 17.7 Å². The van der Waals surface area contributed by atoms with Gasteiger partial charge in [0, 0.05) is 12.0 Å². The van der Waals surface area contributed by atoms with Gasteiger partial charge in [0.2, 0.25) is 6.08 Å². The summed E-state index contributed by atoms with van der Waals surface area (Å²) in [4.78, 5) is 13.7. The van der Waals surface area contributed by atoms with Gasteiger partial charge in [-0.1, -0.05) is 11.6 Å². The Balaban J connectivity index is 2.64. The molecule has 1 aromatic carbocycles. The molecule has 3 nitrogen and oxygen atoms in total. The van der Waals surface area contributed by atoms with Crippen LogP contribution in [-0.2, 0) is 11.2 Å². The lowest BCUT2D eigenvalue weighted by molar-refractivity contribution is 0.357. The molecule has 0 N–H and O–H groups in total. The van der Waals surface area contributed by atoms with Crippen molar-refractivity contribution in [3.05, 3.63) is 22.7 Å². The third-order valence-corrected chi connectivity index (χ3v) is 2.26. The monoisotopic (exact) mass is 195 g/mol. The van der Waals surface area contributed by atoms with Crippen molar-refractivity contribution in [3.63, 3.8) is 0 Å². The second-order valence-corrected chi connectivity index (χ2v) is 3.08. The molecule has 13 heavy (non-hydrogen) atoms. The summed E-state index contributed by atoms with van der Waals surface area (Å²) in [6.07, 6.45) is 2.24. The van der Waals surface area contributed by atoms with Gasteiger partial charge >= 0.3 is 0 Å². The summed E-state index contributed by atoms with van der Waals surface area (Å²) >= 11 is 5.86. The van der Waals surface area contributed by atoms with Gasteiger partial charge in [-0.05, 0) is 12.1 Å². The molecule has 66 valence electrons. The Bertz CT molecular complexity index is 397. The zero-order chi connectivity index (χ0) is 9.26. The summed E-state index contributed by atoms with van der Waals surface area (Å²) in [6, 6.07) is 3.45. The molecule has 0 radical (unpaired) electrons. The maximum atomic E-state index is 10.1. The molecular weight excluding hydrogens is 190 g/mol. The molecule has 0 aromatic heterocycles. The van der Waals surface area contributed by atoms with E-state index in [9.17, 15) is 4.79 Å². The Labute approximate surface area is 80.0 Å². The van der Waals surface area contributed by atoms with Crippen molar-refractivity contribution in [1.29, 1.82) is 0 Å². The minimum absolute atomic E-state index is 0.465. The van der Waals surface area contributed by atoms with Gasteiger partial charge < -0.3 is 4.74 Å². The van der Waals surface area contributed by atoms with E-state index < -0.39 is 0 Å². The summed E-state index contributed by atoms with van der Waals surface area (Å²) < 4.78 is 5.29. The third-order valence-electron chi connectivity index (χ3n) is 1.96. The van der Waals surface area contributed by atoms with Crippen LogP contribution in [0.3, 0.4) is 0 Å². The van der Waals surface area contributed by atoms with Gasteiger partial charge in [-0.15, -0.1) is 0 Å². The van der Waals surface area contributed by atoms with Crippen molar-refractivity contribution in [3.8, 4) is 5.75 Å². The Hall–Kier alpha value is -1.31. The SMILES string of the molecule is O=C=Nc1c(Cl)ccc2c1CCO2. The number of fused-ring (bicyclic) bond motifs is 1. The van der Waals surface area contributed by atoms with E-state index in [0.29, 0.717) is 17.3 Å². The first-order valence-corrected chi connectivity index (χ1v) is 4.23. The van der Waals surface area contributed by atoms with Crippen LogP contribution in [0.25, 0.3) is 0 Å². The van der Waals surface area contributed by atoms with Crippen molar-refractivity contribution < 1.29 is 9.53 Å². The average molecular weight is 196 g/mol. The number of ether oxygens (including phenoxy) is 1. The Morgan fingerprint density at radius 1 is 1.54 bits per heavy atom. The Morgan fingerprint density at radius 2 is 2.38 bits per heavy atom. The van der Waals surface area contributed by atoms with Gasteiger partial charge in [-0.25, -0.2) is 4.79 Å². The van der Waals surface area contributed by atoms with Crippen LogP contribution in [0.1, 0.15) is 5.56 Å². The van der Waals surface area contributed by atoms with Crippen LogP contribution >= 0.6 is 11.6 Å². The number of hydrogen-bond donors (Lipinski definition) is 0. The van der Waals surface area contributed by atoms with E-state index in [1.165, 1.54) is 6.08 Å². The lowest BCUT2D eigenvalue weighted by Gasteiger charge is -2.02. The van der Waals surface area contributed by atoms with Crippen LogP contribution in [0.4, 0.5) is 5.69 Å². The topological polar surface area (TPSA) is 38.7 Å². The molecule has 2 rings (SSSR count). The Morgan fingerprint density at radius 3 is 3.15 bits per heavy atom. The predicted molar refractivity (Wildman–Crippen MR) is 48.4 cm³/mol. The molecular formula is C9H6ClNO2. The molecule has 4 heteroatoms. The fraction of sp³-hybridized carbons (Fsp3) is 0.222. The summed E-state index contributed by atoms with van der Waals surface area (Å²) in [7, 11) is 0. The van der Waals surface area contributed by atoms with Crippen molar-refractivity contribution in [1.82, 2.24) is 0 Å². The standard InChI is InChI=1S/C9H6ClNO2/c10-7-1-2-8-6(3-4-13-8)9(7)11-5-12/h1-2H,3-4H2. The Kier molecular flexibility index (Phi) is 2.05. The van der Waals surface area contributed by atoms with E-state index in [1.54, 1.807) is 12.1 Å². The van der Waals surface area contributed by atoms with Gasteiger partial charge in [0.1, 0.15) is 11.4 Å². The first-order valence-electron chi connectivity index (χ1n) is 3.85. The summed E-state index contributed by atoms with van der Waals surface area (Å²) in [5, 5.41) is 0.465. The molecule has 0 saturated heterocycles. The maximum absolute atomic E-state index is 10.1. The number of nitrogens with zero attached hydrogens (tertiary/aromatic N) is 1. The average Bonchev–Trinajstić information content (AvgIpc) is 2.58. The van der Waals surface area contributed by atoms with Gasteiger partial charge in [0.25, 0.3) is 0 Å². The molecule has 0 unspecified atom stereocenters. The number of rotatable bonds is 1. The molecule has 0 saturated carbocycles. The van der Waals surface area contributed by atoms with Crippen LogP contribution < -0.4 is 4.74 Å². The molecule has 1 aliphatic heterocycles. The molecule has 0 amide bonds. The largest absolute Gasteiger partial charge is 0.493 e. The first-order chi connectivity index (χ1) is 6.33. The van der Waals surface area contributed by atoms with E-state index >= 15 is 0 Å². The number of benzene rings is 1. The van der Waals surface area contributed by atoms with Crippen molar-refractivity contribution in [2.75, 3.05) is 6.61 Å². The lowest BCUT2D eigenvalue weighted by Crippen LogP contribution is -1.85. The highest BCUT2D eigenvalue weighted by Gasteiger charge is 2.18. The first kappa shape index (κ1) is 8.30. The minimum atomic E-state index is 0.465. The fourth-order valence-electron chi connectivity index (χ4n) is 1.40. The van der Waals surface area contributed by atoms with Crippen LogP contribution in [0.2, 0.25) is 5.02 Å². The maximum Gasteiger partial charge on any atom is 0.240 e. The van der Waals surface area contributed by atoms with Crippen molar-refractivity contribution >= 4 is 23.4 Å². The fourth-order valence-corrected chi connectivity index (χ4v) is 1.61. The summed E-state index contributed by atoms with van der Waals surface area (Å²) in [5.74, 6) is 0.762. The van der Waals surface area contributed by atoms with Gasteiger partial charge in [0.05, 0.1) is 11.6 Å². The number of carbonyl (C=O) groups excluding carboxylic acids is 1. The number of halogens is 1. The molecule has 1 aliphatic rings. The highest BCUT2D eigenvalue weighted by molar-refractivity contribution is 6.33. The minimum Gasteiger partial charge on any atom is -0.493 e. The number of aliphatic imine (C=N–C) groups is 1. The molecule has 0 aliphatic carbocycles. The second-order valence-electron chi connectivity index (χ2n) is 2.67. The number of isocyanates is 1. The van der Waals surface area contributed by atoms with Crippen LogP contribution in [-0.4, -0.2) is 12.7 Å². The lowest BCUT2D eigenvalue weighted by atomic mass is 10.1. The zero-order valence-corrected chi connectivity index (χ0v) is 7.47. The molecule has 0 atom stereocenters. The predicted octanol–water partition coefficient (Wildman–Crippen LogP) is 2.24. The van der Waals surface area contributed by atoms with Crippen molar-refractivity contribution in [2.24, 2.45) is 4.99 Å². The quantitative estimate of drug-likeness (QED) is 0.509. The third kappa shape index (κ3) is 1.32. The molecule has 0 fully saturated rings. The molecule has 0 spiro atoms. The summed E-state index contributed by atoms with van der Waals surface area (Å²) in [5.41, 5.74) is 1.39. The normalized spacial score (nSPS) is 13.0. The van der Waals surface area contributed by atoms with Crippen LogP contribution in [0, 0.1) is 0 Å². The highest BCUT2D eigenvalue weighted by Crippen LogP contribution is 2.38. The van der Waals surface area contributed by atoms with Crippen LogP contribution in [0.15, 0.2) is 17.1 Å². The second kappa shape index (κ2) is 3.21. The van der Waals surface area contributed by atoms with Gasteiger partial charge in [-0.3, -0.25) is 0 Å². The van der Waals surface area contributed by atoms with E-state index in [-0.39, 0.29) is 0 Å². The molecule has 0 bridgehead atoms. The van der Waals surface area contributed by atoms with E-state index in [4.69, 9.17) is 16.3 Å². The molecule has 1 heterocycles. The van der Waals surface area contributed by atoms with Gasteiger partial charge in [-0.2, -0.15) is 4.99 Å². The highest BCUT2D eigenvalue weighted by atomic mass is 35.5. The van der Waals surface area contributed by atoms with E-state index in [2.05, 4.69) is 4.99 Å². The van der Waals surface area contributed by atoms with Gasteiger partial charge in [0.15, 0.2) is 0 Å². The van der Waals surface area contributed by atoms with Crippen molar-refractivity contribution in [2.45, 2.75) is 6.42 Å². The van der Waals surface area contributed by atoms with E-state index in [1.807, 2.05) is 0 Å². The zero-order valence-electron chi connectivity index (χ0n) is 6.71. The molecule has 1 aromatic rings. The van der Waals surface area contributed by atoms with Crippen LogP contribution in [0.5, 0.6) is 5.75 Å². The summed E-state index contributed by atoms with van der Waals surface area (Å²) in [6.45, 7) is 0.622. The smallest absolute Gasteiger partial charge is 0.240 e. The number of hydrogen-bond acceptors (Lipinski definition) is 3.